The highest BCUT2D eigenvalue weighted by atomic mass is 35.5. The highest BCUT2D eigenvalue weighted by Crippen LogP contribution is 2.32. The maximum atomic E-state index is 13.1. The van der Waals surface area contributed by atoms with Crippen molar-refractivity contribution in [3.05, 3.63) is 46.6 Å². The standard InChI is InChI=1S/C15H15ClFN3/c1-9-6-11(17)4-5-12(9)18-15-8-13(16)19-14(20-15)7-10-2-3-10/h4-6,8,10H,2-3,7H2,1H3,(H,18,19,20). The first-order valence-electron chi connectivity index (χ1n) is 6.67. The lowest BCUT2D eigenvalue weighted by Crippen LogP contribution is -2.02. The van der Waals surface area contributed by atoms with E-state index in [9.17, 15) is 4.39 Å². The molecule has 1 aliphatic rings. The van der Waals surface area contributed by atoms with Crippen molar-refractivity contribution >= 4 is 23.1 Å². The number of aromatic nitrogens is 2. The number of nitrogens with zero attached hydrogens (tertiary/aromatic N) is 2. The second kappa shape index (κ2) is 5.37. The molecule has 20 heavy (non-hydrogen) atoms. The summed E-state index contributed by atoms with van der Waals surface area (Å²) in [7, 11) is 0. The van der Waals surface area contributed by atoms with Crippen LogP contribution >= 0.6 is 11.6 Å². The molecule has 0 bridgehead atoms. The summed E-state index contributed by atoms with van der Waals surface area (Å²) in [6, 6.07) is 6.28. The third-order valence-electron chi connectivity index (χ3n) is 3.36. The Kier molecular flexibility index (Phi) is 3.57. The number of hydrogen-bond donors (Lipinski definition) is 1. The first-order chi connectivity index (χ1) is 9.60. The van der Waals surface area contributed by atoms with E-state index in [-0.39, 0.29) is 5.82 Å². The molecule has 1 saturated carbocycles. The van der Waals surface area contributed by atoms with Crippen molar-refractivity contribution in [1.82, 2.24) is 9.97 Å². The summed E-state index contributed by atoms with van der Waals surface area (Å²) in [6.07, 6.45) is 3.36. The Bertz CT molecular complexity index is 641. The van der Waals surface area contributed by atoms with Gasteiger partial charge in [-0.15, -0.1) is 0 Å². The van der Waals surface area contributed by atoms with Gasteiger partial charge in [-0.2, -0.15) is 0 Å². The van der Waals surface area contributed by atoms with E-state index in [4.69, 9.17) is 11.6 Å². The zero-order valence-corrected chi connectivity index (χ0v) is 11.9. The van der Waals surface area contributed by atoms with E-state index < -0.39 is 0 Å². The Morgan fingerprint density at radius 3 is 2.80 bits per heavy atom. The Morgan fingerprint density at radius 1 is 1.30 bits per heavy atom. The normalized spacial score (nSPS) is 14.3. The van der Waals surface area contributed by atoms with Gasteiger partial charge in [0.1, 0.15) is 22.6 Å². The summed E-state index contributed by atoms with van der Waals surface area (Å²) in [6.45, 7) is 1.85. The fourth-order valence-electron chi connectivity index (χ4n) is 2.11. The molecule has 0 aliphatic heterocycles. The third-order valence-corrected chi connectivity index (χ3v) is 3.55. The second-order valence-electron chi connectivity index (χ2n) is 5.22. The van der Waals surface area contributed by atoms with Gasteiger partial charge in [-0.1, -0.05) is 11.6 Å². The first-order valence-corrected chi connectivity index (χ1v) is 7.04. The molecular weight excluding hydrogens is 277 g/mol. The minimum absolute atomic E-state index is 0.247. The Labute approximate surface area is 122 Å². The van der Waals surface area contributed by atoms with Crippen LogP contribution < -0.4 is 5.32 Å². The van der Waals surface area contributed by atoms with E-state index in [0.29, 0.717) is 16.9 Å². The molecule has 1 N–H and O–H groups in total. The molecule has 1 fully saturated rings. The lowest BCUT2D eigenvalue weighted by Gasteiger charge is -2.10. The van der Waals surface area contributed by atoms with Crippen LogP contribution in [0.25, 0.3) is 0 Å². The molecule has 0 saturated heterocycles. The smallest absolute Gasteiger partial charge is 0.135 e. The molecular formula is C15H15ClFN3. The van der Waals surface area contributed by atoms with Crippen LogP contribution in [0.1, 0.15) is 24.2 Å². The number of halogens is 2. The average Bonchev–Trinajstić information content (AvgIpc) is 3.16. The molecule has 2 aromatic rings. The van der Waals surface area contributed by atoms with Crippen molar-refractivity contribution in [3.8, 4) is 0 Å². The van der Waals surface area contributed by atoms with E-state index in [1.54, 1.807) is 12.1 Å². The van der Waals surface area contributed by atoms with Crippen molar-refractivity contribution in [1.29, 1.82) is 0 Å². The summed E-state index contributed by atoms with van der Waals surface area (Å²) < 4.78 is 13.1. The van der Waals surface area contributed by atoms with Gasteiger partial charge in [0.05, 0.1) is 0 Å². The Hall–Kier alpha value is -1.68. The van der Waals surface area contributed by atoms with Gasteiger partial charge in [-0.3, -0.25) is 0 Å². The largest absolute Gasteiger partial charge is 0.340 e. The number of aryl methyl sites for hydroxylation is 1. The zero-order valence-electron chi connectivity index (χ0n) is 11.2. The fourth-order valence-corrected chi connectivity index (χ4v) is 2.31. The molecule has 0 amide bonds. The molecule has 0 atom stereocenters. The Morgan fingerprint density at radius 2 is 2.10 bits per heavy atom. The summed E-state index contributed by atoms with van der Waals surface area (Å²) in [5, 5.41) is 3.60. The lowest BCUT2D eigenvalue weighted by atomic mass is 10.2. The van der Waals surface area contributed by atoms with Crippen LogP contribution in [0.15, 0.2) is 24.3 Å². The molecule has 3 rings (SSSR count). The van der Waals surface area contributed by atoms with Gasteiger partial charge < -0.3 is 5.32 Å². The molecule has 1 heterocycles. The number of benzene rings is 1. The highest BCUT2D eigenvalue weighted by Gasteiger charge is 2.23. The topological polar surface area (TPSA) is 37.8 Å². The van der Waals surface area contributed by atoms with Gasteiger partial charge >= 0.3 is 0 Å². The third kappa shape index (κ3) is 3.25. The average molecular weight is 292 g/mol. The number of anilines is 2. The fraction of sp³-hybridized carbons (Fsp3) is 0.333. The van der Waals surface area contributed by atoms with Crippen LogP contribution in [-0.2, 0) is 6.42 Å². The molecule has 1 aromatic carbocycles. The number of nitrogens with one attached hydrogen (secondary N) is 1. The maximum Gasteiger partial charge on any atom is 0.135 e. The van der Waals surface area contributed by atoms with Crippen molar-refractivity contribution in [2.24, 2.45) is 5.92 Å². The molecule has 3 nitrogen and oxygen atoms in total. The second-order valence-corrected chi connectivity index (χ2v) is 5.61. The van der Waals surface area contributed by atoms with Crippen LogP contribution in [-0.4, -0.2) is 9.97 Å². The van der Waals surface area contributed by atoms with Crippen LogP contribution in [0.4, 0.5) is 15.9 Å². The van der Waals surface area contributed by atoms with Gasteiger partial charge in [0, 0.05) is 18.2 Å². The number of rotatable bonds is 4. The molecule has 0 radical (unpaired) electrons. The maximum absolute atomic E-state index is 13.1. The van der Waals surface area contributed by atoms with Crippen LogP contribution in [0.5, 0.6) is 0 Å². The molecule has 0 unspecified atom stereocenters. The Balaban J connectivity index is 1.83. The quantitative estimate of drug-likeness (QED) is 0.855. The SMILES string of the molecule is Cc1cc(F)ccc1Nc1cc(Cl)nc(CC2CC2)n1. The molecule has 0 spiro atoms. The lowest BCUT2D eigenvalue weighted by molar-refractivity contribution is 0.627. The van der Waals surface area contributed by atoms with E-state index in [1.807, 2.05) is 6.92 Å². The number of hydrogen-bond acceptors (Lipinski definition) is 3. The minimum Gasteiger partial charge on any atom is -0.340 e. The van der Waals surface area contributed by atoms with E-state index in [1.165, 1.54) is 25.0 Å². The predicted molar refractivity (Wildman–Crippen MR) is 77.9 cm³/mol. The first kappa shape index (κ1) is 13.3. The van der Waals surface area contributed by atoms with Crippen molar-refractivity contribution in [2.45, 2.75) is 26.2 Å². The van der Waals surface area contributed by atoms with Gasteiger partial charge in [0.25, 0.3) is 0 Å². The highest BCUT2D eigenvalue weighted by molar-refractivity contribution is 6.29. The summed E-state index contributed by atoms with van der Waals surface area (Å²) >= 11 is 6.03. The summed E-state index contributed by atoms with van der Waals surface area (Å²) in [5.41, 5.74) is 1.64. The van der Waals surface area contributed by atoms with Crippen LogP contribution in [0, 0.1) is 18.7 Å². The summed E-state index contributed by atoms with van der Waals surface area (Å²) in [5.74, 6) is 1.87. The predicted octanol–water partition coefficient (Wildman–Crippen LogP) is 4.27. The monoisotopic (exact) mass is 291 g/mol. The van der Waals surface area contributed by atoms with Crippen LogP contribution in [0.2, 0.25) is 5.15 Å². The molecule has 5 heteroatoms. The van der Waals surface area contributed by atoms with Crippen molar-refractivity contribution in [2.75, 3.05) is 5.32 Å². The molecule has 1 aliphatic carbocycles. The van der Waals surface area contributed by atoms with Gasteiger partial charge in [0.15, 0.2) is 0 Å². The van der Waals surface area contributed by atoms with E-state index in [0.717, 1.165) is 23.5 Å². The summed E-state index contributed by atoms with van der Waals surface area (Å²) in [4.78, 5) is 8.72. The van der Waals surface area contributed by atoms with Gasteiger partial charge in [-0.25, -0.2) is 14.4 Å². The van der Waals surface area contributed by atoms with Crippen molar-refractivity contribution in [3.63, 3.8) is 0 Å². The minimum atomic E-state index is -0.247. The van der Waals surface area contributed by atoms with E-state index in [2.05, 4.69) is 15.3 Å². The van der Waals surface area contributed by atoms with E-state index >= 15 is 0 Å². The zero-order chi connectivity index (χ0) is 14.1. The van der Waals surface area contributed by atoms with Gasteiger partial charge in [0.2, 0.25) is 0 Å². The molecule has 1 aromatic heterocycles. The van der Waals surface area contributed by atoms with Crippen molar-refractivity contribution < 1.29 is 4.39 Å². The molecule has 104 valence electrons. The van der Waals surface area contributed by atoms with Gasteiger partial charge in [-0.05, 0) is 49.4 Å². The van der Waals surface area contributed by atoms with Crippen LogP contribution in [0.3, 0.4) is 0 Å².